The minimum Gasteiger partial charge on any atom is -0.461 e. The van der Waals surface area contributed by atoms with Gasteiger partial charge in [0.15, 0.2) is 5.76 Å². The summed E-state index contributed by atoms with van der Waals surface area (Å²) >= 11 is 1.25. The Bertz CT molecular complexity index is 651. The van der Waals surface area contributed by atoms with Crippen LogP contribution in [0.4, 0.5) is 0 Å². The van der Waals surface area contributed by atoms with E-state index in [1.165, 1.54) is 22.7 Å². The zero-order chi connectivity index (χ0) is 16.2. The molecular formula is C14H19N5O3S. The van der Waals surface area contributed by atoms with Gasteiger partial charge in [-0.3, -0.25) is 4.79 Å². The molecule has 1 aliphatic heterocycles. The van der Waals surface area contributed by atoms with Crippen LogP contribution in [0.3, 0.4) is 0 Å². The Morgan fingerprint density at radius 1 is 1.61 bits per heavy atom. The third kappa shape index (κ3) is 3.67. The summed E-state index contributed by atoms with van der Waals surface area (Å²) in [5.41, 5.74) is 0. The van der Waals surface area contributed by atoms with Gasteiger partial charge in [0.2, 0.25) is 16.9 Å². The van der Waals surface area contributed by atoms with E-state index in [2.05, 4.69) is 15.5 Å². The van der Waals surface area contributed by atoms with Crippen LogP contribution in [0.5, 0.6) is 0 Å². The molecule has 2 atom stereocenters. The number of carbonyl (C=O) groups is 1. The molecular weight excluding hydrogens is 318 g/mol. The second kappa shape index (κ2) is 7.05. The monoisotopic (exact) mass is 337 g/mol. The fourth-order valence-corrected chi connectivity index (χ4v) is 3.10. The largest absolute Gasteiger partial charge is 0.461 e. The van der Waals surface area contributed by atoms with Crippen molar-refractivity contribution < 1.29 is 13.9 Å². The van der Waals surface area contributed by atoms with E-state index >= 15 is 0 Å². The Hall–Kier alpha value is -2.00. The molecule has 9 heteroatoms. The van der Waals surface area contributed by atoms with Crippen LogP contribution in [0.25, 0.3) is 11.6 Å². The zero-order valence-electron chi connectivity index (χ0n) is 12.8. The lowest BCUT2D eigenvalue weighted by Crippen LogP contribution is -2.36. The van der Waals surface area contributed by atoms with Crippen LogP contribution in [0.2, 0.25) is 0 Å². The Morgan fingerprint density at radius 2 is 2.48 bits per heavy atom. The molecule has 1 fully saturated rings. The molecule has 0 aliphatic carbocycles. The molecule has 3 rings (SSSR count). The predicted molar refractivity (Wildman–Crippen MR) is 85.2 cm³/mol. The van der Waals surface area contributed by atoms with Crippen molar-refractivity contribution in [1.82, 2.24) is 20.2 Å². The fraction of sp³-hybridized carbons (Fsp3) is 0.500. The number of nitrogens with one attached hydrogen (secondary N) is 1. The van der Waals surface area contributed by atoms with Crippen LogP contribution in [0.15, 0.2) is 28.0 Å². The molecule has 1 aliphatic rings. The number of hydrogen-bond donors (Lipinski definition) is 2. The number of aromatic nitrogens is 3. The van der Waals surface area contributed by atoms with Crippen molar-refractivity contribution in [1.29, 1.82) is 0 Å². The zero-order valence-corrected chi connectivity index (χ0v) is 13.6. The van der Waals surface area contributed by atoms with Crippen molar-refractivity contribution in [3.8, 4) is 11.6 Å². The molecule has 0 spiro atoms. The molecule has 0 saturated carbocycles. The summed E-state index contributed by atoms with van der Waals surface area (Å²) in [6.07, 6.45) is 3.71. The average Bonchev–Trinajstić information content (AvgIpc) is 3.27. The van der Waals surface area contributed by atoms with Crippen LogP contribution >= 0.6 is 11.8 Å². The molecule has 3 heterocycles. The summed E-state index contributed by atoms with van der Waals surface area (Å²) in [6.45, 7) is 3.12. The molecule has 0 aromatic carbocycles. The Morgan fingerprint density at radius 3 is 3.17 bits per heavy atom. The lowest BCUT2D eigenvalue weighted by atomic mass is 10.2. The number of nitrogens with two attached hydrogens (primary N) is 1. The number of nitrogens with zero attached hydrogens (tertiary/aromatic N) is 3. The summed E-state index contributed by atoms with van der Waals surface area (Å²) in [4.78, 5) is 12.1. The number of nitrogen functional groups attached to an aromatic ring is 1. The fourth-order valence-electron chi connectivity index (χ4n) is 2.31. The van der Waals surface area contributed by atoms with Gasteiger partial charge in [-0.05, 0) is 31.9 Å². The molecule has 2 aromatic heterocycles. The normalized spacial score (nSPS) is 18.9. The second-order valence-electron chi connectivity index (χ2n) is 5.29. The van der Waals surface area contributed by atoms with E-state index in [1.807, 2.05) is 0 Å². The van der Waals surface area contributed by atoms with Gasteiger partial charge in [0.25, 0.3) is 0 Å². The topological polar surface area (TPSA) is 108 Å². The van der Waals surface area contributed by atoms with E-state index in [0.29, 0.717) is 23.3 Å². The van der Waals surface area contributed by atoms with Gasteiger partial charge in [0.1, 0.15) is 0 Å². The highest BCUT2D eigenvalue weighted by atomic mass is 32.2. The van der Waals surface area contributed by atoms with E-state index in [4.69, 9.17) is 15.0 Å². The summed E-state index contributed by atoms with van der Waals surface area (Å²) in [6, 6.07) is 3.50. The number of ether oxygens (including phenoxy) is 1. The summed E-state index contributed by atoms with van der Waals surface area (Å²) in [7, 11) is 0. The molecule has 124 valence electrons. The van der Waals surface area contributed by atoms with Gasteiger partial charge in [0, 0.05) is 13.2 Å². The molecule has 1 amide bonds. The molecule has 8 nitrogen and oxygen atoms in total. The van der Waals surface area contributed by atoms with Crippen molar-refractivity contribution >= 4 is 17.7 Å². The molecule has 23 heavy (non-hydrogen) atoms. The van der Waals surface area contributed by atoms with E-state index in [9.17, 15) is 4.79 Å². The van der Waals surface area contributed by atoms with Crippen LogP contribution < -0.4 is 11.2 Å². The maximum atomic E-state index is 12.1. The maximum Gasteiger partial charge on any atom is 0.233 e. The molecule has 0 bridgehead atoms. The molecule has 0 radical (unpaired) electrons. The molecule has 0 unspecified atom stereocenters. The Kier molecular flexibility index (Phi) is 4.87. The average molecular weight is 337 g/mol. The van der Waals surface area contributed by atoms with Gasteiger partial charge in [-0.25, -0.2) is 4.68 Å². The first-order valence-corrected chi connectivity index (χ1v) is 8.33. The third-order valence-corrected chi connectivity index (χ3v) is 4.64. The Balaban J connectivity index is 1.57. The number of hydrogen-bond acceptors (Lipinski definition) is 7. The smallest absolute Gasteiger partial charge is 0.233 e. The number of thioether (sulfide) groups is 1. The minimum atomic E-state index is -0.340. The Labute approximate surface area is 137 Å². The van der Waals surface area contributed by atoms with Gasteiger partial charge in [0.05, 0.1) is 17.6 Å². The first-order valence-electron chi connectivity index (χ1n) is 7.45. The quantitative estimate of drug-likeness (QED) is 0.598. The van der Waals surface area contributed by atoms with Crippen molar-refractivity contribution in [2.75, 3.05) is 19.0 Å². The van der Waals surface area contributed by atoms with Gasteiger partial charge < -0.3 is 20.3 Å². The summed E-state index contributed by atoms with van der Waals surface area (Å²) < 4.78 is 12.1. The van der Waals surface area contributed by atoms with Crippen molar-refractivity contribution in [3.63, 3.8) is 0 Å². The summed E-state index contributed by atoms with van der Waals surface area (Å²) in [5.74, 6) is 6.85. The van der Waals surface area contributed by atoms with Gasteiger partial charge >= 0.3 is 0 Å². The molecule has 3 N–H and O–H groups in total. The minimum absolute atomic E-state index is 0.0759. The second-order valence-corrected chi connectivity index (χ2v) is 6.60. The van der Waals surface area contributed by atoms with E-state index in [1.54, 1.807) is 19.1 Å². The lowest BCUT2D eigenvalue weighted by molar-refractivity contribution is -0.120. The predicted octanol–water partition coefficient (Wildman–Crippen LogP) is 1.03. The third-order valence-electron chi connectivity index (χ3n) is 3.59. The number of furan rings is 1. The summed E-state index contributed by atoms with van der Waals surface area (Å²) in [5, 5.41) is 11.0. The van der Waals surface area contributed by atoms with Crippen LogP contribution in [-0.4, -0.2) is 45.3 Å². The van der Waals surface area contributed by atoms with Gasteiger partial charge in [-0.2, -0.15) is 0 Å². The number of carbonyl (C=O) groups excluding carboxylic acids is 1. The van der Waals surface area contributed by atoms with E-state index in [0.717, 1.165) is 19.4 Å². The first-order chi connectivity index (χ1) is 11.1. The molecule has 2 aromatic rings. The van der Waals surface area contributed by atoms with Crippen molar-refractivity contribution in [2.45, 2.75) is 36.3 Å². The van der Waals surface area contributed by atoms with Crippen LogP contribution in [0.1, 0.15) is 19.8 Å². The first kappa shape index (κ1) is 15.9. The highest BCUT2D eigenvalue weighted by Crippen LogP contribution is 2.25. The van der Waals surface area contributed by atoms with Gasteiger partial charge in [-0.1, -0.05) is 11.8 Å². The van der Waals surface area contributed by atoms with Crippen LogP contribution in [-0.2, 0) is 9.53 Å². The van der Waals surface area contributed by atoms with Gasteiger partial charge in [-0.15, -0.1) is 10.2 Å². The maximum absolute atomic E-state index is 12.1. The molecule has 1 saturated heterocycles. The lowest BCUT2D eigenvalue weighted by Gasteiger charge is -2.14. The van der Waals surface area contributed by atoms with Crippen LogP contribution in [0, 0.1) is 0 Å². The van der Waals surface area contributed by atoms with E-state index in [-0.39, 0.29) is 17.3 Å². The number of rotatable bonds is 6. The SMILES string of the molecule is C[C@H](Sc1nnc(-c2ccco2)n1N)C(=O)NC[C@H]1CCCO1. The van der Waals surface area contributed by atoms with Crippen molar-refractivity contribution in [3.05, 3.63) is 18.4 Å². The highest BCUT2D eigenvalue weighted by Gasteiger charge is 2.22. The standard InChI is InChI=1S/C14H19N5O3S/c1-9(13(20)16-8-10-4-2-6-21-10)23-14-18-17-12(19(14)15)11-5-3-7-22-11/h3,5,7,9-10H,2,4,6,8,15H2,1H3,(H,16,20)/t9-,10+/m0/s1. The highest BCUT2D eigenvalue weighted by molar-refractivity contribution is 8.00. The number of amides is 1. The van der Waals surface area contributed by atoms with E-state index < -0.39 is 0 Å². The van der Waals surface area contributed by atoms with Crippen molar-refractivity contribution in [2.24, 2.45) is 0 Å².